The number of hydrogen-bond acceptors (Lipinski definition) is 2. The summed E-state index contributed by atoms with van der Waals surface area (Å²) in [6.07, 6.45) is -4.54. The van der Waals surface area contributed by atoms with Crippen LogP contribution in [0.3, 0.4) is 0 Å². The van der Waals surface area contributed by atoms with Crippen molar-refractivity contribution < 1.29 is 18.0 Å². The van der Waals surface area contributed by atoms with Crippen LogP contribution in [-0.2, 0) is 6.18 Å². The Hall–Kier alpha value is -1.92. The summed E-state index contributed by atoms with van der Waals surface area (Å²) in [4.78, 5) is 14.2. The Bertz CT molecular complexity index is 487. The van der Waals surface area contributed by atoms with Gasteiger partial charge in [0.25, 0.3) is 0 Å². The van der Waals surface area contributed by atoms with Crippen LogP contribution in [0.25, 0.3) is 0 Å². The van der Waals surface area contributed by atoms with Crippen molar-refractivity contribution in [3.63, 3.8) is 0 Å². The van der Waals surface area contributed by atoms with Crippen LogP contribution >= 0.6 is 0 Å². The molecule has 2 amide bonds. The second-order valence-electron chi connectivity index (χ2n) is 4.13. The number of alkyl halides is 3. The molecule has 0 aromatic heterocycles. The minimum atomic E-state index is -4.54. The average Bonchev–Trinajstić information content (AvgIpc) is 2.59. The van der Waals surface area contributed by atoms with Crippen molar-refractivity contribution >= 4 is 17.4 Å². The van der Waals surface area contributed by atoms with Gasteiger partial charge in [-0.25, -0.2) is 4.79 Å². The topological polar surface area (TPSA) is 49.6 Å². The molecule has 98 valence electrons. The first-order valence-corrected chi connectivity index (χ1v) is 5.30. The molecule has 0 radical (unpaired) electrons. The van der Waals surface area contributed by atoms with Gasteiger partial charge in [-0.15, -0.1) is 0 Å². The second-order valence-corrected chi connectivity index (χ2v) is 4.13. The highest BCUT2D eigenvalue weighted by Gasteiger charge is 2.38. The summed E-state index contributed by atoms with van der Waals surface area (Å²) in [5.74, 6) is 0. The quantitative estimate of drug-likeness (QED) is 0.786. The van der Waals surface area contributed by atoms with Crippen LogP contribution in [0.4, 0.5) is 29.3 Å². The van der Waals surface area contributed by atoms with E-state index in [1.165, 1.54) is 17.0 Å². The number of carbonyl (C=O) groups is 1. The summed E-state index contributed by atoms with van der Waals surface area (Å²) < 4.78 is 38.7. The molecule has 2 rings (SSSR count). The molecule has 1 fully saturated rings. The Labute approximate surface area is 102 Å². The molecule has 1 aliphatic heterocycles. The fourth-order valence-electron chi connectivity index (χ4n) is 1.89. The molecule has 2 N–H and O–H groups in total. The van der Waals surface area contributed by atoms with Gasteiger partial charge in [-0.3, -0.25) is 4.90 Å². The predicted molar refractivity (Wildman–Crippen MR) is 61.2 cm³/mol. The van der Waals surface area contributed by atoms with Crippen molar-refractivity contribution in [1.82, 2.24) is 4.90 Å². The minimum Gasteiger partial charge on any atom is -0.399 e. The van der Waals surface area contributed by atoms with Crippen molar-refractivity contribution in [2.75, 3.05) is 30.8 Å². The Morgan fingerprint density at radius 2 is 1.94 bits per heavy atom. The summed E-state index contributed by atoms with van der Waals surface area (Å²) in [6.45, 7) is 0.642. The predicted octanol–water partition coefficient (Wildman–Crippen LogP) is 2.16. The third kappa shape index (κ3) is 2.07. The van der Waals surface area contributed by atoms with Gasteiger partial charge in [0.1, 0.15) is 0 Å². The van der Waals surface area contributed by atoms with Crippen molar-refractivity contribution in [3.8, 4) is 0 Å². The highest BCUT2D eigenvalue weighted by molar-refractivity contribution is 5.95. The molecule has 1 heterocycles. The average molecular weight is 259 g/mol. The standard InChI is InChI=1S/C11H12F3N3O/c1-16-4-5-17(10(16)18)9-3-2-7(15)6-8(9)11(12,13)14/h2-3,6H,4-5,15H2,1H3. The Kier molecular flexibility index (Phi) is 2.84. The van der Waals surface area contributed by atoms with E-state index in [1.807, 2.05) is 0 Å². The van der Waals surface area contributed by atoms with E-state index < -0.39 is 17.8 Å². The lowest BCUT2D eigenvalue weighted by Gasteiger charge is -2.21. The van der Waals surface area contributed by atoms with E-state index in [0.717, 1.165) is 11.0 Å². The first kappa shape index (κ1) is 12.5. The molecule has 0 unspecified atom stereocenters. The van der Waals surface area contributed by atoms with E-state index in [2.05, 4.69) is 0 Å². The summed E-state index contributed by atoms with van der Waals surface area (Å²) in [6, 6.07) is 3.00. The zero-order valence-corrected chi connectivity index (χ0v) is 9.66. The summed E-state index contributed by atoms with van der Waals surface area (Å²) in [5.41, 5.74) is 4.36. The van der Waals surface area contributed by atoms with Crippen molar-refractivity contribution in [1.29, 1.82) is 0 Å². The molecule has 1 saturated heterocycles. The van der Waals surface area contributed by atoms with Crippen LogP contribution in [0.1, 0.15) is 5.56 Å². The molecule has 0 bridgehead atoms. The number of amides is 2. The van der Waals surface area contributed by atoms with Crippen LogP contribution in [0.2, 0.25) is 0 Å². The van der Waals surface area contributed by atoms with Gasteiger partial charge >= 0.3 is 12.2 Å². The SMILES string of the molecule is CN1CCN(c2ccc(N)cc2C(F)(F)F)C1=O. The minimum absolute atomic E-state index is 0.0195. The zero-order chi connectivity index (χ0) is 13.5. The summed E-state index contributed by atoms with van der Waals surface area (Å²) >= 11 is 0. The number of nitrogens with two attached hydrogens (primary N) is 1. The van der Waals surface area contributed by atoms with Crippen LogP contribution in [0, 0.1) is 0 Å². The van der Waals surface area contributed by atoms with E-state index in [-0.39, 0.29) is 17.9 Å². The maximum absolute atomic E-state index is 12.9. The molecule has 4 nitrogen and oxygen atoms in total. The molecule has 0 saturated carbocycles. The first-order chi connectivity index (χ1) is 8.30. The van der Waals surface area contributed by atoms with Crippen LogP contribution < -0.4 is 10.6 Å². The van der Waals surface area contributed by atoms with E-state index in [9.17, 15) is 18.0 Å². The highest BCUT2D eigenvalue weighted by atomic mass is 19.4. The number of hydrogen-bond donors (Lipinski definition) is 1. The lowest BCUT2D eigenvalue weighted by atomic mass is 10.1. The fraction of sp³-hybridized carbons (Fsp3) is 0.364. The van der Waals surface area contributed by atoms with Gasteiger partial charge in [0, 0.05) is 25.8 Å². The zero-order valence-electron chi connectivity index (χ0n) is 9.66. The number of halogens is 3. The van der Waals surface area contributed by atoms with Crippen molar-refractivity contribution in [2.24, 2.45) is 0 Å². The number of nitrogens with zero attached hydrogens (tertiary/aromatic N) is 2. The van der Waals surface area contributed by atoms with Gasteiger partial charge in [-0.1, -0.05) is 0 Å². The molecule has 1 aromatic rings. The van der Waals surface area contributed by atoms with E-state index in [4.69, 9.17) is 5.73 Å². The first-order valence-electron chi connectivity index (χ1n) is 5.30. The molecule has 7 heteroatoms. The maximum Gasteiger partial charge on any atom is 0.418 e. The molecule has 1 aliphatic rings. The lowest BCUT2D eigenvalue weighted by molar-refractivity contribution is -0.137. The number of nitrogen functional groups attached to an aromatic ring is 1. The second kappa shape index (κ2) is 4.08. The Morgan fingerprint density at radius 1 is 1.28 bits per heavy atom. The monoisotopic (exact) mass is 259 g/mol. The summed E-state index contributed by atoms with van der Waals surface area (Å²) in [5, 5.41) is 0. The van der Waals surface area contributed by atoms with Crippen molar-refractivity contribution in [2.45, 2.75) is 6.18 Å². The van der Waals surface area contributed by atoms with Gasteiger partial charge in [0.2, 0.25) is 0 Å². The van der Waals surface area contributed by atoms with E-state index in [0.29, 0.717) is 6.54 Å². The van der Waals surface area contributed by atoms with Gasteiger partial charge < -0.3 is 10.6 Å². The normalized spacial score (nSPS) is 16.6. The van der Waals surface area contributed by atoms with Gasteiger partial charge in [0.05, 0.1) is 11.3 Å². The Morgan fingerprint density at radius 3 is 2.44 bits per heavy atom. The number of benzene rings is 1. The largest absolute Gasteiger partial charge is 0.418 e. The van der Waals surface area contributed by atoms with Crippen molar-refractivity contribution in [3.05, 3.63) is 23.8 Å². The number of urea groups is 1. The third-order valence-electron chi connectivity index (χ3n) is 2.83. The van der Waals surface area contributed by atoms with E-state index >= 15 is 0 Å². The molecular formula is C11H12F3N3O. The number of carbonyl (C=O) groups excluding carboxylic acids is 1. The lowest BCUT2D eigenvalue weighted by Crippen LogP contribution is -2.30. The molecule has 0 atom stereocenters. The number of rotatable bonds is 1. The van der Waals surface area contributed by atoms with E-state index in [1.54, 1.807) is 7.05 Å². The van der Waals surface area contributed by atoms with Gasteiger partial charge in [-0.2, -0.15) is 13.2 Å². The Balaban J connectivity index is 2.48. The highest BCUT2D eigenvalue weighted by Crippen LogP contribution is 2.38. The fourth-order valence-corrected chi connectivity index (χ4v) is 1.89. The number of likely N-dealkylation sites (N-methyl/N-ethyl adjacent to an activating group) is 1. The summed E-state index contributed by atoms with van der Waals surface area (Å²) in [7, 11) is 1.55. The van der Waals surface area contributed by atoms with Crippen LogP contribution in [-0.4, -0.2) is 31.1 Å². The molecular weight excluding hydrogens is 247 g/mol. The smallest absolute Gasteiger partial charge is 0.399 e. The molecule has 0 spiro atoms. The maximum atomic E-state index is 12.9. The number of anilines is 2. The molecule has 0 aliphatic carbocycles. The molecule has 1 aromatic carbocycles. The molecule has 18 heavy (non-hydrogen) atoms. The van der Waals surface area contributed by atoms with Gasteiger partial charge in [-0.05, 0) is 18.2 Å². The van der Waals surface area contributed by atoms with Crippen LogP contribution in [0.5, 0.6) is 0 Å². The third-order valence-corrected chi connectivity index (χ3v) is 2.83. The van der Waals surface area contributed by atoms with Gasteiger partial charge in [0.15, 0.2) is 0 Å². The van der Waals surface area contributed by atoms with Crippen LogP contribution in [0.15, 0.2) is 18.2 Å².